The first-order chi connectivity index (χ1) is 9.13. The van der Waals surface area contributed by atoms with Crippen LogP contribution in [0.15, 0.2) is 30.5 Å². The molecule has 0 aliphatic heterocycles. The Morgan fingerprint density at radius 3 is 2.95 bits per heavy atom. The van der Waals surface area contributed by atoms with E-state index in [-0.39, 0.29) is 11.9 Å². The third-order valence-corrected chi connectivity index (χ3v) is 2.92. The summed E-state index contributed by atoms with van der Waals surface area (Å²) in [6.45, 7) is 4.33. The van der Waals surface area contributed by atoms with Crippen LogP contribution in [-0.4, -0.2) is 23.5 Å². The summed E-state index contributed by atoms with van der Waals surface area (Å²) in [4.78, 5) is 16.1. The Morgan fingerprint density at radius 1 is 1.42 bits per heavy atom. The molecule has 2 rings (SSSR count). The summed E-state index contributed by atoms with van der Waals surface area (Å²) in [7, 11) is 0. The van der Waals surface area contributed by atoms with E-state index in [0.717, 1.165) is 16.6 Å². The van der Waals surface area contributed by atoms with Gasteiger partial charge in [0.2, 0.25) is 5.91 Å². The van der Waals surface area contributed by atoms with Gasteiger partial charge in [-0.2, -0.15) is 0 Å². The predicted octanol–water partition coefficient (Wildman–Crippen LogP) is 1.75. The highest BCUT2D eigenvalue weighted by Crippen LogP contribution is 2.26. The number of aromatic nitrogens is 1. The molecule has 1 amide bonds. The van der Waals surface area contributed by atoms with Crippen LogP contribution in [-0.2, 0) is 4.79 Å². The van der Waals surface area contributed by atoms with Gasteiger partial charge in [-0.25, -0.2) is 0 Å². The average molecular weight is 258 g/mol. The van der Waals surface area contributed by atoms with Crippen molar-refractivity contribution >= 4 is 28.2 Å². The van der Waals surface area contributed by atoms with Gasteiger partial charge in [0.05, 0.1) is 11.2 Å². The zero-order valence-corrected chi connectivity index (χ0v) is 11.1. The molecule has 1 heterocycles. The van der Waals surface area contributed by atoms with E-state index in [0.29, 0.717) is 12.2 Å². The Kier molecular flexibility index (Phi) is 3.85. The molecule has 0 aliphatic carbocycles. The first kappa shape index (κ1) is 13.1. The Balaban J connectivity index is 2.31. The van der Waals surface area contributed by atoms with E-state index in [9.17, 15) is 4.79 Å². The minimum Gasteiger partial charge on any atom is -0.398 e. The number of likely N-dealkylation sites (N-methyl/N-ethyl adjacent to an activating group) is 1. The fourth-order valence-corrected chi connectivity index (χ4v) is 1.94. The smallest absolute Gasteiger partial charge is 0.242 e. The van der Waals surface area contributed by atoms with Crippen molar-refractivity contribution in [3.63, 3.8) is 0 Å². The number of benzene rings is 1. The van der Waals surface area contributed by atoms with Crippen LogP contribution in [0.25, 0.3) is 10.9 Å². The van der Waals surface area contributed by atoms with Gasteiger partial charge >= 0.3 is 0 Å². The lowest BCUT2D eigenvalue weighted by Gasteiger charge is -2.16. The molecule has 0 radical (unpaired) electrons. The third-order valence-electron chi connectivity index (χ3n) is 2.92. The van der Waals surface area contributed by atoms with Gasteiger partial charge in [-0.1, -0.05) is 0 Å². The van der Waals surface area contributed by atoms with Crippen molar-refractivity contribution < 1.29 is 4.79 Å². The van der Waals surface area contributed by atoms with Crippen molar-refractivity contribution in [1.29, 1.82) is 0 Å². The molecule has 0 aliphatic rings. The van der Waals surface area contributed by atoms with Gasteiger partial charge in [-0.15, -0.1) is 0 Å². The van der Waals surface area contributed by atoms with Gasteiger partial charge in [-0.05, 0) is 38.1 Å². The Labute approximate surface area is 112 Å². The molecule has 0 fully saturated rings. The molecular weight excluding hydrogens is 240 g/mol. The number of rotatable bonds is 4. The van der Waals surface area contributed by atoms with Crippen LogP contribution < -0.4 is 16.4 Å². The Morgan fingerprint density at radius 2 is 2.21 bits per heavy atom. The zero-order valence-electron chi connectivity index (χ0n) is 11.1. The van der Waals surface area contributed by atoms with E-state index in [4.69, 9.17) is 5.73 Å². The molecule has 1 aromatic heterocycles. The summed E-state index contributed by atoms with van der Waals surface area (Å²) in [5.41, 5.74) is 8.18. The molecule has 1 atom stereocenters. The standard InChI is InChI=1S/C14H18N4O/c1-3-16-14(19)9(2)18-12-7-6-11(15)10-5-4-8-17-13(10)12/h4-9,18H,3,15H2,1-2H3,(H,16,19). The lowest BCUT2D eigenvalue weighted by Crippen LogP contribution is -2.37. The van der Waals surface area contributed by atoms with E-state index in [1.54, 1.807) is 6.20 Å². The SMILES string of the molecule is CCNC(=O)C(C)Nc1ccc(N)c2cccnc12. The van der Waals surface area contributed by atoms with Gasteiger partial charge < -0.3 is 16.4 Å². The predicted molar refractivity (Wildman–Crippen MR) is 77.9 cm³/mol. The van der Waals surface area contributed by atoms with Crippen molar-refractivity contribution in [1.82, 2.24) is 10.3 Å². The van der Waals surface area contributed by atoms with E-state index < -0.39 is 0 Å². The van der Waals surface area contributed by atoms with E-state index >= 15 is 0 Å². The van der Waals surface area contributed by atoms with Crippen molar-refractivity contribution in [3.8, 4) is 0 Å². The van der Waals surface area contributed by atoms with Crippen molar-refractivity contribution in [3.05, 3.63) is 30.5 Å². The highest BCUT2D eigenvalue weighted by atomic mass is 16.2. The lowest BCUT2D eigenvalue weighted by atomic mass is 10.1. The van der Waals surface area contributed by atoms with Gasteiger partial charge in [0.25, 0.3) is 0 Å². The van der Waals surface area contributed by atoms with Crippen LogP contribution in [0.5, 0.6) is 0 Å². The average Bonchev–Trinajstić information content (AvgIpc) is 2.42. The van der Waals surface area contributed by atoms with Crippen LogP contribution in [0.4, 0.5) is 11.4 Å². The molecule has 5 heteroatoms. The quantitative estimate of drug-likeness (QED) is 0.730. The van der Waals surface area contributed by atoms with Crippen molar-refractivity contribution in [2.45, 2.75) is 19.9 Å². The fourth-order valence-electron chi connectivity index (χ4n) is 1.94. The van der Waals surface area contributed by atoms with Gasteiger partial charge in [0.15, 0.2) is 0 Å². The molecule has 100 valence electrons. The molecule has 2 aromatic rings. The largest absolute Gasteiger partial charge is 0.398 e. The first-order valence-corrected chi connectivity index (χ1v) is 6.31. The second-order valence-corrected chi connectivity index (χ2v) is 4.36. The number of pyridine rings is 1. The number of nitrogens with zero attached hydrogens (tertiary/aromatic N) is 1. The van der Waals surface area contributed by atoms with Crippen LogP contribution in [0, 0.1) is 0 Å². The minimum absolute atomic E-state index is 0.0385. The molecule has 0 saturated carbocycles. The number of carbonyl (C=O) groups is 1. The highest BCUT2D eigenvalue weighted by molar-refractivity contribution is 5.99. The molecule has 1 aromatic carbocycles. The fraction of sp³-hybridized carbons (Fsp3) is 0.286. The molecular formula is C14H18N4O. The summed E-state index contributed by atoms with van der Waals surface area (Å²) in [6.07, 6.45) is 1.71. The Hall–Kier alpha value is -2.30. The lowest BCUT2D eigenvalue weighted by molar-refractivity contribution is -0.121. The molecule has 0 spiro atoms. The molecule has 5 nitrogen and oxygen atoms in total. The molecule has 4 N–H and O–H groups in total. The maximum Gasteiger partial charge on any atom is 0.242 e. The third kappa shape index (κ3) is 2.76. The number of anilines is 2. The number of nitrogen functional groups attached to an aromatic ring is 1. The maximum atomic E-state index is 11.7. The number of carbonyl (C=O) groups excluding carboxylic acids is 1. The van der Waals surface area contributed by atoms with E-state index in [2.05, 4.69) is 15.6 Å². The molecule has 0 bridgehead atoms. The second-order valence-electron chi connectivity index (χ2n) is 4.36. The highest BCUT2D eigenvalue weighted by Gasteiger charge is 2.13. The number of amides is 1. The summed E-state index contributed by atoms with van der Waals surface area (Å²) in [5, 5.41) is 6.83. The van der Waals surface area contributed by atoms with E-state index in [1.165, 1.54) is 0 Å². The topological polar surface area (TPSA) is 80.0 Å². The monoisotopic (exact) mass is 258 g/mol. The van der Waals surface area contributed by atoms with Crippen LogP contribution >= 0.6 is 0 Å². The number of nitrogens with two attached hydrogens (primary N) is 1. The summed E-state index contributed by atoms with van der Waals surface area (Å²) >= 11 is 0. The van der Waals surface area contributed by atoms with Gasteiger partial charge in [0.1, 0.15) is 6.04 Å². The second kappa shape index (κ2) is 5.56. The summed E-state index contributed by atoms with van der Waals surface area (Å²) in [5.74, 6) is -0.0385. The Bertz CT molecular complexity index is 597. The number of hydrogen-bond donors (Lipinski definition) is 3. The van der Waals surface area contributed by atoms with Gasteiger partial charge in [-0.3, -0.25) is 9.78 Å². The normalized spacial score (nSPS) is 12.1. The van der Waals surface area contributed by atoms with Crippen LogP contribution in [0.3, 0.4) is 0 Å². The molecule has 1 unspecified atom stereocenters. The molecule has 19 heavy (non-hydrogen) atoms. The minimum atomic E-state index is -0.325. The number of nitrogens with one attached hydrogen (secondary N) is 2. The van der Waals surface area contributed by atoms with Gasteiger partial charge in [0, 0.05) is 23.8 Å². The van der Waals surface area contributed by atoms with Crippen LogP contribution in [0.1, 0.15) is 13.8 Å². The molecule has 0 saturated heterocycles. The first-order valence-electron chi connectivity index (χ1n) is 6.31. The van der Waals surface area contributed by atoms with E-state index in [1.807, 2.05) is 38.1 Å². The zero-order chi connectivity index (χ0) is 13.8. The summed E-state index contributed by atoms with van der Waals surface area (Å²) in [6, 6.07) is 7.10. The number of hydrogen-bond acceptors (Lipinski definition) is 4. The van der Waals surface area contributed by atoms with Crippen LogP contribution in [0.2, 0.25) is 0 Å². The maximum absolute atomic E-state index is 11.7. The van der Waals surface area contributed by atoms with Crippen molar-refractivity contribution in [2.75, 3.05) is 17.6 Å². The number of fused-ring (bicyclic) bond motifs is 1. The summed E-state index contributed by atoms with van der Waals surface area (Å²) < 4.78 is 0. The van der Waals surface area contributed by atoms with Crippen molar-refractivity contribution in [2.24, 2.45) is 0 Å².